The minimum absolute atomic E-state index is 0.687. The van der Waals surface area contributed by atoms with Gasteiger partial charge in [0.25, 0.3) is 0 Å². The number of aryl methyl sites for hydroxylation is 1. The third-order valence-corrected chi connectivity index (χ3v) is 2.18. The van der Waals surface area contributed by atoms with Crippen molar-refractivity contribution < 1.29 is 14.2 Å². The Labute approximate surface area is 83.6 Å². The molecule has 0 unspecified atom stereocenters. The third kappa shape index (κ3) is 1.62. The van der Waals surface area contributed by atoms with Crippen LogP contribution >= 0.6 is 0 Å². The van der Waals surface area contributed by atoms with Crippen molar-refractivity contribution in [3.8, 4) is 17.2 Å². The summed E-state index contributed by atoms with van der Waals surface area (Å²) < 4.78 is 16.4. The van der Waals surface area contributed by atoms with Crippen LogP contribution in [-0.4, -0.2) is 20.3 Å². The molecule has 0 amide bonds. The molecule has 0 atom stereocenters. The molecular formula is C11H14O3. The van der Waals surface area contributed by atoms with Crippen LogP contribution in [0.2, 0.25) is 0 Å². The molecule has 3 heteroatoms. The molecule has 1 aromatic carbocycles. The maximum atomic E-state index is 5.58. The lowest BCUT2D eigenvalue weighted by atomic mass is 10.2. The second-order valence-electron chi connectivity index (χ2n) is 3.34. The first-order valence-corrected chi connectivity index (χ1v) is 4.75. The van der Waals surface area contributed by atoms with Crippen LogP contribution in [0.3, 0.4) is 0 Å². The lowest BCUT2D eigenvalue weighted by Crippen LogP contribution is -1.98. The summed E-state index contributed by atoms with van der Waals surface area (Å²) in [5.41, 5.74) is 1.12. The van der Waals surface area contributed by atoms with Gasteiger partial charge >= 0.3 is 0 Å². The third-order valence-electron chi connectivity index (χ3n) is 2.18. The van der Waals surface area contributed by atoms with E-state index in [1.165, 1.54) is 0 Å². The molecule has 0 saturated heterocycles. The summed E-state index contributed by atoms with van der Waals surface area (Å²) in [6.45, 7) is 3.41. The van der Waals surface area contributed by atoms with Crippen molar-refractivity contribution in [2.75, 3.05) is 20.3 Å². The minimum atomic E-state index is 0.687. The van der Waals surface area contributed by atoms with Crippen molar-refractivity contribution in [3.05, 3.63) is 17.7 Å². The van der Waals surface area contributed by atoms with Crippen molar-refractivity contribution in [1.29, 1.82) is 0 Å². The summed E-state index contributed by atoms with van der Waals surface area (Å²) in [6, 6.07) is 3.93. The minimum Gasteiger partial charge on any atom is -0.493 e. The van der Waals surface area contributed by atoms with E-state index in [-0.39, 0.29) is 0 Å². The number of rotatable bonds is 1. The van der Waals surface area contributed by atoms with Crippen molar-refractivity contribution in [2.24, 2.45) is 0 Å². The average molecular weight is 194 g/mol. The molecule has 0 radical (unpaired) electrons. The molecule has 1 heterocycles. The zero-order valence-electron chi connectivity index (χ0n) is 8.50. The lowest BCUT2D eigenvalue weighted by Gasteiger charge is -2.12. The highest BCUT2D eigenvalue weighted by atomic mass is 16.5. The van der Waals surface area contributed by atoms with E-state index < -0.39 is 0 Å². The molecule has 1 aromatic rings. The van der Waals surface area contributed by atoms with Crippen LogP contribution in [0.15, 0.2) is 12.1 Å². The maximum absolute atomic E-state index is 5.58. The van der Waals surface area contributed by atoms with Gasteiger partial charge < -0.3 is 14.2 Å². The zero-order valence-corrected chi connectivity index (χ0v) is 8.50. The van der Waals surface area contributed by atoms with E-state index in [0.717, 1.165) is 29.2 Å². The monoisotopic (exact) mass is 194 g/mol. The van der Waals surface area contributed by atoms with Crippen LogP contribution in [0.1, 0.15) is 12.0 Å². The van der Waals surface area contributed by atoms with Gasteiger partial charge in [-0.15, -0.1) is 0 Å². The number of hydrogen-bond acceptors (Lipinski definition) is 3. The molecule has 3 nitrogen and oxygen atoms in total. The molecule has 0 aliphatic carbocycles. The molecule has 1 aliphatic rings. The summed E-state index contributed by atoms with van der Waals surface area (Å²) in [5.74, 6) is 2.27. The van der Waals surface area contributed by atoms with Crippen molar-refractivity contribution >= 4 is 0 Å². The van der Waals surface area contributed by atoms with Crippen LogP contribution in [0, 0.1) is 6.92 Å². The molecule has 0 bridgehead atoms. The molecular weight excluding hydrogens is 180 g/mol. The summed E-state index contributed by atoms with van der Waals surface area (Å²) in [5, 5.41) is 0. The average Bonchev–Trinajstić information content (AvgIpc) is 2.41. The van der Waals surface area contributed by atoms with E-state index in [1.54, 1.807) is 7.11 Å². The Morgan fingerprint density at radius 1 is 1.21 bits per heavy atom. The highest BCUT2D eigenvalue weighted by Gasteiger charge is 2.15. The van der Waals surface area contributed by atoms with Gasteiger partial charge in [-0.2, -0.15) is 0 Å². The van der Waals surface area contributed by atoms with Crippen molar-refractivity contribution in [2.45, 2.75) is 13.3 Å². The molecule has 2 rings (SSSR count). The molecule has 0 N–H and O–H groups in total. The Morgan fingerprint density at radius 2 is 2.00 bits per heavy atom. The fourth-order valence-electron chi connectivity index (χ4n) is 1.52. The molecule has 0 spiro atoms. The highest BCUT2D eigenvalue weighted by Crippen LogP contribution is 2.39. The number of hydrogen-bond donors (Lipinski definition) is 0. The number of ether oxygens (including phenoxy) is 3. The van der Waals surface area contributed by atoms with E-state index in [2.05, 4.69) is 0 Å². The molecule has 0 fully saturated rings. The Kier molecular flexibility index (Phi) is 2.48. The van der Waals surface area contributed by atoms with E-state index in [0.29, 0.717) is 13.2 Å². The summed E-state index contributed by atoms with van der Waals surface area (Å²) in [6.07, 6.45) is 0.914. The van der Waals surface area contributed by atoms with E-state index >= 15 is 0 Å². The van der Waals surface area contributed by atoms with E-state index in [4.69, 9.17) is 14.2 Å². The molecule has 0 saturated carbocycles. The van der Waals surface area contributed by atoms with E-state index in [1.807, 2.05) is 19.1 Å². The summed E-state index contributed by atoms with van der Waals surface area (Å²) in [7, 11) is 1.64. The van der Waals surface area contributed by atoms with Crippen LogP contribution in [0.25, 0.3) is 0 Å². The second kappa shape index (κ2) is 3.78. The number of methoxy groups -OCH3 is 1. The molecule has 1 aliphatic heterocycles. The largest absolute Gasteiger partial charge is 0.493 e. The fraction of sp³-hybridized carbons (Fsp3) is 0.455. The first kappa shape index (κ1) is 9.19. The number of fused-ring (bicyclic) bond motifs is 1. The van der Waals surface area contributed by atoms with E-state index in [9.17, 15) is 0 Å². The molecule has 76 valence electrons. The fourth-order valence-corrected chi connectivity index (χ4v) is 1.52. The van der Waals surface area contributed by atoms with Gasteiger partial charge in [-0.3, -0.25) is 0 Å². The van der Waals surface area contributed by atoms with Gasteiger partial charge in [-0.25, -0.2) is 0 Å². The van der Waals surface area contributed by atoms with Gasteiger partial charge in [0, 0.05) is 6.42 Å². The first-order valence-electron chi connectivity index (χ1n) is 4.75. The van der Waals surface area contributed by atoms with Gasteiger partial charge in [0.2, 0.25) is 5.75 Å². The van der Waals surface area contributed by atoms with Crippen LogP contribution < -0.4 is 14.2 Å². The Hall–Kier alpha value is -1.38. The Morgan fingerprint density at radius 3 is 2.79 bits per heavy atom. The first-order chi connectivity index (χ1) is 6.81. The number of benzene rings is 1. The Bertz CT molecular complexity index is 334. The predicted octanol–water partition coefficient (Wildman–Crippen LogP) is 2.16. The van der Waals surface area contributed by atoms with Gasteiger partial charge in [-0.1, -0.05) is 0 Å². The van der Waals surface area contributed by atoms with Crippen molar-refractivity contribution in [1.82, 2.24) is 0 Å². The van der Waals surface area contributed by atoms with Crippen LogP contribution in [0.4, 0.5) is 0 Å². The standard InChI is InChI=1S/C11H14O3/c1-8-6-9(12-2)11-10(7-8)13-4-3-5-14-11/h6-7H,3-5H2,1-2H3. The smallest absolute Gasteiger partial charge is 0.203 e. The van der Waals surface area contributed by atoms with Crippen LogP contribution in [0.5, 0.6) is 17.2 Å². The predicted molar refractivity (Wildman–Crippen MR) is 53.3 cm³/mol. The van der Waals surface area contributed by atoms with Gasteiger partial charge in [0.1, 0.15) is 0 Å². The Balaban J connectivity index is 2.46. The SMILES string of the molecule is COc1cc(C)cc2c1OCCCO2. The zero-order chi connectivity index (χ0) is 9.97. The lowest BCUT2D eigenvalue weighted by molar-refractivity contribution is 0.289. The summed E-state index contributed by atoms with van der Waals surface area (Å²) >= 11 is 0. The van der Waals surface area contributed by atoms with Crippen LogP contribution in [-0.2, 0) is 0 Å². The van der Waals surface area contributed by atoms with Gasteiger partial charge in [0.05, 0.1) is 20.3 Å². The van der Waals surface area contributed by atoms with Crippen molar-refractivity contribution in [3.63, 3.8) is 0 Å². The van der Waals surface area contributed by atoms with Gasteiger partial charge in [-0.05, 0) is 24.6 Å². The molecule has 14 heavy (non-hydrogen) atoms. The quantitative estimate of drug-likeness (QED) is 0.685. The summed E-state index contributed by atoms with van der Waals surface area (Å²) in [4.78, 5) is 0. The maximum Gasteiger partial charge on any atom is 0.203 e. The topological polar surface area (TPSA) is 27.7 Å². The normalized spacial score (nSPS) is 14.7. The molecule has 0 aromatic heterocycles. The second-order valence-corrected chi connectivity index (χ2v) is 3.34. The highest BCUT2D eigenvalue weighted by molar-refractivity contribution is 5.53. The van der Waals surface area contributed by atoms with Gasteiger partial charge in [0.15, 0.2) is 11.5 Å².